The highest BCUT2D eigenvalue weighted by atomic mass is 32.2. The minimum atomic E-state index is -0.497. The van der Waals surface area contributed by atoms with Crippen LogP contribution in [0.5, 0.6) is 0 Å². The Hall–Kier alpha value is -3.18. The molecule has 0 unspecified atom stereocenters. The topological polar surface area (TPSA) is 115 Å². The number of ether oxygens (including phenoxy) is 1. The molecule has 0 saturated heterocycles. The van der Waals surface area contributed by atoms with Crippen molar-refractivity contribution >= 4 is 45.9 Å². The molecule has 2 amide bonds. The fourth-order valence-corrected chi connectivity index (χ4v) is 6.44. The van der Waals surface area contributed by atoms with Crippen LogP contribution in [0.4, 0.5) is 5.00 Å². The van der Waals surface area contributed by atoms with Gasteiger partial charge < -0.3 is 19.9 Å². The molecule has 2 N–H and O–H groups in total. The van der Waals surface area contributed by atoms with E-state index in [0.717, 1.165) is 35.3 Å². The van der Waals surface area contributed by atoms with Crippen LogP contribution < -0.4 is 10.6 Å². The first-order valence-electron chi connectivity index (χ1n) is 13.1. The van der Waals surface area contributed by atoms with Gasteiger partial charge in [0.2, 0.25) is 5.91 Å². The SMILES string of the molecule is CCOC(=O)c1c(NC(=O)[C@H](C)Sc2nnc(CNC(=O)c3ccc(C(C)(C)C)cc3)n2C)sc2c1CCC2. The average molecular weight is 570 g/mol. The maximum Gasteiger partial charge on any atom is 0.341 e. The van der Waals surface area contributed by atoms with Gasteiger partial charge in [0.1, 0.15) is 5.00 Å². The molecule has 4 rings (SSSR count). The van der Waals surface area contributed by atoms with E-state index < -0.39 is 11.2 Å². The molecular weight excluding hydrogens is 534 g/mol. The lowest BCUT2D eigenvalue weighted by Gasteiger charge is -2.19. The number of fused-ring (bicyclic) bond motifs is 1. The molecule has 1 atom stereocenters. The molecule has 0 radical (unpaired) electrons. The second-order valence-corrected chi connectivity index (χ2v) is 12.9. The van der Waals surface area contributed by atoms with E-state index >= 15 is 0 Å². The van der Waals surface area contributed by atoms with Gasteiger partial charge in [0.05, 0.1) is 24.0 Å². The Kier molecular flexibility index (Phi) is 8.80. The van der Waals surface area contributed by atoms with Gasteiger partial charge in [0, 0.05) is 17.5 Å². The molecule has 39 heavy (non-hydrogen) atoms. The molecule has 0 aliphatic heterocycles. The summed E-state index contributed by atoms with van der Waals surface area (Å²) in [6.07, 6.45) is 2.74. The molecule has 2 aromatic heterocycles. The van der Waals surface area contributed by atoms with Crippen LogP contribution in [0.25, 0.3) is 0 Å². The number of benzene rings is 1. The van der Waals surface area contributed by atoms with Crippen molar-refractivity contribution in [2.24, 2.45) is 7.05 Å². The van der Waals surface area contributed by atoms with Crippen molar-refractivity contribution in [1.82, 2.24) is 20.1 Å². The maximum atomic E-state index is 13.1. The number of carbonyl (C=O) groups excluding carboxylic acids is 3. The first kappa shape index (κ1) is 28.8. The zero-order chi connectivity index (χ0) is 28.3. The van der Waals surface area contributed by atoms with Gasteiger partial charge in [-0.05, 0) is 61.8 Å². The molecule has 2 heterocycles. The van der Waals surface area contributed by atoms with Gasteiger partial charge in [0.25, 0.3) is 5.91 Å². The second-order valence-electron chi connectivity index (χ2n) is 10.5. The lowest BCUT2D eigenvalue weighted by molar-refractivity contribution is -0.115. The summed E-state index contributed by atoms with van der Waals surface area (Å²) in [5, 5.41) is 14.9. The number of carbonyl (C=O) groups is 3. The smallest absolute Gasteiger partial charge is 0.341 e. The fraction of sp³-hybridized carbons (Fsp3) is 0.464. The van der Waals surface area contributed by atoms with Crippen molar-refractivity contribution < 1.29 is 19.1 Å². The highest BCUT2D eigenvalue weighted by Crippen LogP contribution is 2.40. The number of nitrogens with zero attached hydrogens (tertiary/aromatic N) is 3. The Bertz CT molecular complexity index is 1370. The Morgan fingerprint density at radius 1 is 1.15 bits per heavy atom. The summed E-state index contributed by atoms with van der Waals surface area (Å²) in [6, 6.07) is 7.59. The summed E-state index contributed by atoms with van der Waals surface area (Å²) >= 11 is 2.72. The molecule has 0 bridgehead atoms. The third-order valence-electron chi connectivity index (χ3n) is 6.63. The van der Waals surface area contributed by atoms with E-state index in [1.165, 1.54) is 23.1 Å². The van der Waals surface area contributed by atoms with Crippen molar-refractivity contribution in [3.63, 3.8) is 0 Å². The van der Waals surface area contributed by atoms with E-state index in [2.05, 4.69) is 41.6 Å². The Morgan fingerprint density at radius 3 is 2.54 bits per heavy atom. The van der Waals surface area contributed by atoms with Gasteiger partial charge in [-0.15, -0.1) is 21.5 Å². The first-order chi connectivity index (χ1) is 18.5. The van der Waals surface area contributed by atoms with E-state index in [-0.39, 0.29) is 30.4 Å². The van der Waals surface area contributed by atoms with Gasteiger partial charge in [0.15, 0.2) is 11.0 Å². The molecule has 11 heteroatoms. The lowest BCUT2D eigenvalue weighted by Crippen LogP contribution is -2.25. The van der Waals surface area contributed by atoms with Crippen LogP contribution in [0.1, 0.15) is 83.6 Å². The van der Waals surface area contributed by atoms with E-state index in [1.807, 2.05) is 24.3 Å². The molecule has 1 aliphatic carbocycles. The number of rotatable bonds is 9. The van der Waals surface area contributed by atoms with Gasteiger partial charge >= 0.3 is 5.97 Å². The third-order valence-corrected chi connectivity index (χ3v) is 8.98. The van der Waals surface area contributed by atoms with E-state index in [0.29, 0.717) is 27.1 Å². The lowest BCUT2D eigenvalue weighted by atomic mass is 9.87. The molecule has 0 fully saturated rings. The summed E-state index contributed by atoms with van der Waals surface area (Å²) in [7, 11) is 1.80. The average Bonchev–Trinajstić information content (AvgIpc) is 3.57. The van der Waals surface area contributed by atoms with Crippen molar-refractivity contribution in [2.75, 3.05) is 11.9 Å². The van der Waals surface area contributed by atoms with Crippen molar-refractivity contribution in [3.05, 3.63) is 57.2 Å². The van der Waals surface area contributed by atoms with Crippen LogP contribution in [0.2, 0.25) is 0 Å². The van der Waals surface area contributed by atoms with Crippen molar-refractivity contribution in [1.29, 1.82) is 0 Å². The third kappa shape index (κ3) is 6.52. The Balaban J connectivity index is 1.36. The van der Waals surface area contributed by atoms with Crippen LogP contribution in [0.3, 0.4) is 0 Å². The highest BCUT2D eigenvalue weighted by Gasteiger charge is 2.29. The first-order valence-corrected chi connectivity index (χ1v) is 14.7. The Morgan fingerprint density at radius 2 is 1.87 bits per heavy atom. The zero-order valence-corrected chi connectivity index (χ0v) is 24.8. The van der Waals surface area contributed by atoms with Crippen molar-refractivity contribution in [2.45, 2.75) is 76.2 Å². The van der Waals surface area contributed by atoms with E-state index in [9.17, 15) is 14.4 Å². The number of aromatic nitrogens is 3. The van der Waals surface area contributed by atoms with Gasteiger partial charge in [-0.25, -0.2) is 4.79 Å². The predicted molar refractivity (Wildman–Crippen MR) is 154 cm³/mol. The zero-order valence-electron chi connectivity index (χ0n) is 23.2. The molecular formula is C28H35N5O4S2. The molecule has 1 aromatic carbocycles. The summed E-state index contributed by atoms with van der Waals surface area (Å²) in [6.45, 7) is 10.4. The normalized spacial score (nSPS) is 13.6. The number of thioether (sulfide) groups is 1. The van der Waals surface area contributed by atoms with Gasteiger partial charge in [-0.1, -0.05) is 44.7 Å². The number of nitrogens with one attached hydrogen (secondary N) is 2. The minimum absolute atomic E-state index is 0.0166. The summed E-state index contributed by atoms with van der Waals surface area (Å²) in [5.41, 5.74) is 3.24. The monoisotopic (exact) mass is 569 g/mol. The molecule has 1 aliphatic rings. The summed E-state index contributed by atoms with van der Waals surface area (Å²) < 4.78 is 7.02. The number of aryl methyl sites for hydroxylation is 1. The summed E-state index contributed by atoms with van der Waals surface area (Å²) in [5.74, 6) is -0.246. The van der Waals surface area contributed by atoms with Crippen LogP contribution in [0.15, 0.2) is 29.4 Å². The second kappa shape index (κ2) is 11.9. The maximum absolute atomic E-state index is 13.1. The molecule has 0 spiro atoms. The number of esters is 1. The van der Waals surface area contributed by atoms with Crippen LogP contribution in [0, 0.1) is 0 Å². The number of thiophene rings is 1. The standard InChI is InChI=1S/C28H35N5O4S2/c1-7-37-26(36)22-19-9-8-10-20(19)39-25(22)30-23(34)16(2)38-27-32-31-21(33(27)6)15-29-24(35)17-11-13-18(14-12-17)28(3,4)5/h11-14,16H,7-10,15H2,1-6H3,(H,29,35)(H,30,34)/t16-/m0/s1. The number of hydrogen-bond acceptors (Lipinski definition) is 8. The molecule has 208 valence electrons. The Labute approximate surface area is 237 Å². The molecule has 3 aromatic rings. The number of hydrogen-bond donors (Lipinski definition) is 2. The predicted octanol–water partition coefficient (Wildman–Crippen LogP) is 4.89. The number of anilines is 1. The quantitative estimate of drug-likeness (QED) is 0.279. The van der Waals surface area contributed by atoms with E-state index in [4.69, 9.17) is 4.74 Å². The van der Waals surface area contributed by atoms with Crippen LogP contribution >= 0.6 is 23.1 Å². The molecule has 9 nitrogen and oxygen atoms in total. The highest BCUT2D eigenvalue weighted by molar-refractivity contribution is 8.00. The van der Waals surface area contributed by atoms with Gasteiger partial charge in [-0.3, -0.25) is 9.59 Å². The van der Waals surface area contributed by atoms with Crippen molar-refractivity contribution in [3.8, 4) is 0 Å². The number of amides is 2. The largest absolute Gasteiger partial charge is 0.462 e. The van der Waals surface area contributed by atoms with Gasteiger partial charge in [-0.2, -0.15) is 0 Å². The van der Waals surface area contributed by atoms with Crippen LogP contribution in [-0.2, 0) is 41.4 Å². The minimum Gasteiger partial charge on any atom is -0.462 e. The van der Waals surface area contributed by atoms with E-state index in [1.54, 1.807) is 25.5 Å². The molecule has 0 saturated carbocycles. The fourth-order valence-electron chi connectivity index (χ4n) is 4.32. The summed E-state index contributed by atoms with van der Waals surface area (Å²) in [4.78, 5) is 39.5. The van der Waals surface area contributed by atoms with Crippen LogP contribution in [-0.4, -0.2) is 44.4 Å².